The van der Waals surface area contributed by atoms with E-state index in [0.29, 0.717) is 41.9 Å². The number of ether oxygens (including phenoxy) is 2. The number of nitrogens with zero attached hydrogens (tertiary/aromatic N) is 2. The minimum atomic E-state index is -3.53. The van der Waals surface area contributed by atoms with Gasteiger partial charge < -0.3 is 14.4 Å². The molecule has 0 bridgehead atoms. The Morgan fingerprint density at radius 2 is 1.91 bits per heavy atom. The van der Waals surface area contributed by atoms with E-state index < -0.39 is 9.84 Å². The summed E-state index contributed by atoms with van der Waals surface area (Å²) in [7, 11) is -2.01. The van der Waals surface area contributed by atoms with Gasteiger partial charge in [-0.3, -0.25) is 4.79 Å². The number of methoxy groups -OCH3 is 1. The molecule has 32 heavy (non-hydrogen) atoms. The molecular formula is C22H23ClN2O5S2. The van der Waals surface area contributed by atoms with Crippen LogP contribution in [0.4, 0.5) is 0 Å². The molecule has 0 N–H and O–H groups in total. The number of likely N-dealkylation sites (tertiary alicyclic amines) is 1. The predicted molar refractivity (Wildman–Crippen MR) is 125 cm³/mol. The molecule has 0 atom stereocenters. The Morgan fingerprint density at radius 3 is 2.56 bits per heavy atom. The monoisotopic (exact) mass is 494 g/mol. The summed E-state index contributed by atoms with van der Waals surface area (Å²) in [6, 6.07) is 11.8. The zero-order chi connectivity index (χ0) is 22.7. The number of thiazole rings is 1. The number of sulfone groups is 1. The van der Waals surface area contributed by atoms with E-state index in [1.54, 1.807) is 23.1 Å². The fourth-order valence-electron chi connectivity index (χ4n) is 3.59. The molecule has 4 rings (SSSR count). The number of aromatic nitrogens is 1. The highest BCUT2D eigenvalue weighted by Crippen LogP contribution is 2.33. The number of fused-ring (bicyclic) bond motifs is 1. The van der Waals surface area contributed by atoms with Crippen LogP contribution in [0.1, 0.15) is 19.3 Å². The zero-order valence-corrected chi connectivity index (χ0v) is 19.9. The summed E-state index contributed by atoms with van der Waals surface area (Å²) in [6.07, 6.45) is 1.25. The van der Waals surface area contributed by atoms with Gasteiger partial charge in [0, 0.05) is 32.4 Å². The van der Waals surface area contributed by atoms with E-state index in [4.69, 9.17) is 21.1 Å². The van der Waals surface area contributed by atoms with Gasteiger partial charge in [-0.1, -0.05) is 29.0 Å². The summed E-state index contributed by atoms with van der Waals surface area (Å²) in [5.74, 6) is 0.201. The number of hydrogen-bond donors (Lipinski definition) is 0. The molecule has 0 saturated carbocycles. The van der Waals surface area contributed by atoms with Crippen molar-refractivity contribution in [3.05, 3.63) is 47.5 Å². The van der Waals surface area contributed by atoms with Crippen LogP contribution in [-0.4, -0.2) is 56.3 Å². The molecule has 1 amide bonds. The molecular weight excluding hydrogens is 472 g/mol. The lowest BCUT2D eigenvalue weighted by Gasteiger charge is -2.31. The van der Waals surface area contributed by atoms with Gasteiger partial charge in [-0.15, -0.1) is 0 Å². The molecule has 1 aromatic heterocycles. The van der Waals surface area contributed by atoms with E-state index in [0.717, 1.165) is 10.2 Å². The quantitative estimate of drug-likeness (QED) is 0.489. The first-order valence-electron chi connectivity index (χ1n) is 10.2. The lowest BCUT2D eigenvalue weighted by Crippen LogP contribution is -2.42. The lowest BCUT2D eigenvalue weighted by molar-refractivity contribution is -0.132. The van der Waals surface area contributed by atoms with Crippen molar-refractivity contribution < 1.29 is 22.7 Å². The number of carbonyl (C=O) groups excluding carboxylic acids is 1. The van der Waals surface area contributed by atoms with Crippen LogP contribution in [0.3, 0.4) is 0 Å². The largest absolute Gasteiger partial charge is 0.497 e. The maximum absolute atomic E-state index is 12.6. The van der Waals surface area contributed by atoms with Gasteiger partial charge in [-0.25, -0.2) is 13.4 Å². The Morgan fingerprint density at radius 1 is 1.19 bits per heavy atom. The standard InChI is InChI=1S/C22H23ClN2O5S2/c1-29-15-5-7-17(8-6-15)32(27,28)14-11-20(26)25-12-9-16(10-13-25)30-22-24-21-18(23)3-2-4-19(21)31-22/h2-8,16H,9-14H2,1H3. The van der Waals surface area contributed by atoms with Gasteiger partial charge in [0.25, 0.3) is 5.19 Å². The van der Waals surface area contributed by atoms with Crippen LogP contribution in [0.15, 0.2) is 47.4 Å². The van der Waals surface area contributed by atoms with Crippen LogP contribution in [0.2, 0.25) is 5.02 Å². The minimum Gasteiger partial charge on any atom is -0.497 e. The first-order valence-corrected chi connectivity index (χ1v) is 13.1. The molecule has 0 spiro atoms. The fourth-order valence-corrected chi connectivity index (χ4v) is 6.00. The van der Waals surface area contributed by atoms with Gasteiger partial charge in [0.2, 0.25) is 5.91 Å². The average molecular weight is 495 g/mol. The second kappa shape index (κ2) is 9.64. The molecule has 170 valence electrons. The number of piperidine rings is 1. The maximum Gasteiger partial charge on any atom is 0.274 e. The topological polar surface area (TPSA) is 85.8 Å². The third-order valence-corrected chi connectivity index (χ3v) is 8.36. The highest BCUT2D eigenvalue weighted by Gasteiger charge is 2.26. The third-order valence-electron chi connectivity index (χ3n) is 5.42. The highest BCUT2D eigenvalue weighted by atomic mass is 35.5. The van der Waals surface area contributed by atoms with Crippen molar-refractivity contribution in [2.24, 2.45) is 0 Å². The number of carbonyl (C=O) groups is 1. The van der Waals surface area contributed by atoms with Crippen LogP contribution in [0, 0.1) is 0 Å². The molecule has 1 aliphatic heterocycles. The van der Waals surface area contributed by atoms with Crippen molar-refractivity contribution >= 4 is 48.9 Å². The van der Waals surface area contributed by atoms with Gasteiger partial charge in [-0.2, -0.15) is 0 Å². The lowest BCUT2D eigenvalue weighted by atomic mass is 10.1. The summed E-state index contributed by atoms with van der Waals surface area (Å²) in [5.41, 5.74) is 0.736. The maximum atomic E-state index is 12.6. The van der Waals surface area contributed by atoms with Gasteiger partial charge in [0.15, 0.2) is 9.84 Å². The molecule has 0 unspecified atom stereocenters. The SMILES string of the molecule is COc1ccc(S(=O)(=O)CCC(=O)N2CCC(Oc3nc4c(Cl)cccc4s3)CC2)cc1. The zero-order valence-electron chi connectivity index (χ0n) is 17.5. The molecule has 1 aliphatic rings. The van der Waals surface area contributed by atoms with Crippen molar-refractivity contribution in [3.8, 4) is 10.9 Å². The van der Waals surface area contributed by atoms with Gasteiger partial charge >= 0.3 is 0 Å². The summed E-state index contributed by atoms with van der Waals surface area (Å²) in [5, 5.41) is 1.17. The summed E-state index contributed by atoms with van der Waals surface area (Å²) in [4.78, 5) is 18.9. The summed E-state index contributed by atoms with van der Waals surface area (Å²) >= 11 is 7.63. The number of rotatable bonds is 7. The van der Waals surface area contributed by atoms with Gasteiger partial charge in [0.05, 0.1) is 27.5 Å². The normalized spacial score (nSPS) is 15.1. The number of para-hydroxylation sites is 1. The molecule has 2 aromatic carbocycles. The second-order valence-electron chi connectivity index (χ2n) is 7.51. The Kier molecular flexibility index (Phi) is 6.88. The smallest absolute Gasteiger partial charge is 0.274 e. The molecule has 3 aromatic rings. The van der Waals surface area contributed by atoms with Crippen LogP contribution >= 0.6 is 22.9 Å². The van der Waals surface area contributed by atoms with E-state index in [1.165, 1.54) is 30.6 Å². The minimum absolute atomic E-state index is 0.0404. The van der Waals surface area contributed by atoms with Crippen molar-refractivity contribution in [2.45, 2.75) is 30.3 Å². The van der Waals surface area contributed by atoms with Crippen molar-refractivity contribution in [2.75, 3.05) is 26.0 Å². The van der Waals surface area contributed by atoms with Crippen molar-refractivity contribution in [1.82, 2.24) is 9.88 Å². The van der Waals surface area contributed by atoms with E-state index in [1.807, 2.05) is 12.1 Å². The van der Waals surface area contributed by atoms with Crippen LogP contribution in [0.5, 0.6) is 10.9 Å². The van der Waals surface area contributed by atoms with E-state index in [2.05, 4.69) is 4.98 Å². The summed E-state index contributed by atoms with van der Waals surface area (Å²) < 4.78 is 37.1. The molecule has 7 nitrogen and oxygen atoms in total. The third kappa shape index (κ3) is 5.16. The molecule has 0 radical (unpaired) electrons. The Hall–Kier alpha value is -2.36. The number of amides is 1. The molecule has 1 fully saturated rings. The van der Waals surface area contributed by atoms with Crippen molar-refractivity contribution in [1.29, 1.82) is 0 Å². The molecule has 0 aliphatic carbocycles. The first-order chi connectivity index (χ1) is 15.4. The molecule has 10 heteroatoms. The Balaban J connectivity index is 1.27. The van der Waals surface area contributed by atoms with Crippen molar-refractivity contribution in [3.63, 3.8) is 0 Å². The fraction of sp³-hybridized carbons (Fsp3) is 0.364. The Bertz CT molecular complexity index is 1200. The Labute approximate surface area is 195 Å². The predicted octanol–water partition coefficient (Wildman–Crippen LogP) is 4.19. The average Bonchev–Trinajstić information content (AvgIpc) is 3.22. The first kappa shape index (κ1) is 22.8. The highest BCUT2D eigenvalue weighted by molar-refractivity contribution is 7.91. The van der Waals surface area contributed by atoms with E-state index in [-0.39, 0.29) is 29.1 Å². The second-order valence-corrected chi connectivity index (χ2v) is 11.0. The van der Waals surface area contributed by atoms with E-state index >= 15 is 0 Å². The van der Waals surface area contributed by atoms with Crippen LogP contribution in [-0.2, 0) is 14.6 Å². The van der Waals surface area contributed by atoms with Gasteiger partial charge in [0.1, 0.15) is 17.4 Å². The van der Waals surface area contributed by atoms with Gasteiger partial charge in [-0.05, 0) is 36.4 Å². The number of halogens is 1. The summed E-state index contributed by atoms with van der Waals surface area (Å²) in [6.45, 7) is 1.05. The molecule has 1 saturated heterocycles. The van der Waals surface area contributed by atoms with E-state index in [9.17, 15) is 13.2 Å². The van der Waals surface area contributed by atoms with Crippen LogP contribution < -0.4 is 9.47 Å². The molecule has 2 heterocycles. The van der Waals surface area contributed by atoms with Crippen LogP contribution in [0.25, 0.3) is 10.2 Å². The number of benzene rings is 2. The number of hydrogen-bond acceptors (Lipinski definition) is 7.